The van der Waals surface area contributed by atoms with Crippen molar-refractivity contribution >= 4 is 29.9 Å². The monoisotopic (exact) mass is 529 g/mol. The minimum atomic E-state index is 0. The van der Waals surface area contributed by atoms with Crippen LogP contribution >= 0.6 is 24.0 Å². The second-order valence-electron chi connectivity index (χ2n) is 6.82. The molecule has 0 saturated heterocycles. The Hall–Kier alpha value is -1.97. The van der Waals surface area contributed by atoms with Crippen LogP contribution in [-0.2, 0) is 6.42 Å². The zero-order chi connectivity index (χ0) is 21.1. The molecule has 0 saturated carbocycles. The van der Waals surface area contributed by atoms with Crippen LogP contribution < -0.4 is 20.1 Å². The highest BCUT2D eigenvalue weighted by Gasteiger charge is 2.12. The molecule has 0 radical (unpaired) electrons. The molecule has 168 valence electrons. The minimum Gasteiger partial charge on any atom is -0.490 e. The Balaban J connectivity index is 0.00000450. The van der Waals surface area contributed by atoms with E-state index in [1.54, 1.807) is 0 Å². The van der Waals surface area contributed by atoms with Gasteiger partial charge in [0, 0.05) is 18.8 Å². The SMILES string of the molecule is CCNC(=NCCCc1cn[nH]c1C)NC(C)c1ccc(OCC)c(OCC)c1.I. The highest BCUT2D eigenvalue weighted by atomic mass is 127. The van der Waals surface area contributed by atoms with E-state index in [-0.39, 0.29) is 30.0 Å². The normalized spacial score (nSPS) is 12.1. The van der Waals surface area contributed by atoms with E-state index in [1.807, 2.05) is 39.1 Å². The molecule has 2 aromatic rings. The molecule has 0 aliphatic rings. The first-order valence-corrected chi connectivity index (χ1v) is 10.5. The number of hydrogen-bond donors (Lipinski definition) is 3. The first kappa shape index (κ1) is 26.1. The maximum Gasteiger partial charge on any atom is 0.191 e. The third kappa shape index (κ3) is 8.04. The second-order valence-corrected chi connectivity index (χ2v) is 6.82. The summed E-state index contributed by atoms with van der Waals surface area (Å²) in [5.74, 6) is 2.37. The molecule has 1 atom stereocenters. The number of H-pyrrole nitrogens is 1. The summed E-state index contributed by atoms with van der Waals surface area (Å²) in [5.41, 5.74) is 3.51. The van der Waals surface area contributed by atoms with Crippen LogP contribution in [0.5, 0.6) is 11.5 Å². The number of aryl methyl sites for hydroxylation is 2. The standard InChI is InChI=1S/C22H35N5O2.HI/c1-6-23-22(24-13-9-10-19-15-25-27-17(19)5)26-16(4)18-11-12-20(28-7-2)21(14-18)29-8-3;/h11-12,14-16H,6-10,13H2,1-5H3,(H,25,27)(H2,23,24,26);1H. The Morgan fingerprint density at radius 2 is 1.90 bits per heavy atom. The lowest BCUT2D eigenvalue weighted by molar-refractivity contribution is 0.287. The van der Waals surface area contributed by atoms with Crippen molar-refractivity contribution in [2.24, 2.45) is 4.99 Å². The van der Waals surface area contributed by atoms with Gasteiger partial charge in [0.25, 0.3) is 0 Å². The average Bonchev–Trinajstić information content (AvgIpc) is 3.11. The number of ether oxygens (including phenoxy) is 2. The number of nitrogens with one attached hydrogen (secondary N) is 3. The van der Waals surface area contributed by atoms with Gasteiger partial charge < -0.3 is 20.1 Å². The molecule has 0 aliphatic heterocycles. The van der Waals surface area contributed by atoms with Crippen molar-refractivity contribution in [3.05, 3.63) is 41.2 Å². The summed E-state index contributed by atoms with van der Waals surface area (Å²) in [7, 11) is 0. The quantitative estimate of drug-likeness (QED) is 0.174. The van der Waals surface area contributed by atoms with Crippen LogP contribution in [0.1, 0.15) is 57.0 Å². The molecule has 7 nitrogen and oxygen atoms in total. The Bertz CT molecular complexity index is 779. The molecule has 2 rings (SSSR count). The van der Waals surface area contributed by atoms with E-state index in [4.69, 9.17) is 14.5 Å². The summed E-state index contributed by atoms with van der Waals surface area (Å²) in [5, 5.41) is 13.9. The zero-order valence-electron chi connectivity index (χ0n) is 18.7. The van der Waals surface area contributed by atoms with Crippen molar-refractivity contribution in [3.8, 4) is 11.5 Å². The predicted molar refractivity (Wildman–Crippen MR) is 133 cm³/mol. The largest absolute Gasteiger partial charge is 0.490 e. The molecule has 3 N–H and O–H groups in total. The number of hydrogen-bond acceptors (Lipinski definition) is 4. The van der Waals surface area contributed by atoms with E-state index >= 15 is 0 Å². The van der Waals surface area contributed by atoms with Crippen LogP contribution in [0, 0.1) is 6.92 Å². The summed E-state index contributed by atoms with van der Waals surface area (Å²) in [4.78, 5) is 4.72. The Labute approximate surface area is 197 Å². The first-order valence-electron chi connectivity index (χ1n) is 10.5. The van der Waals surface area contributed by atoms with Gasteiger partial charge in [-0.1, -0.05) is 6.07 Å². The molecule has 8 heteroatoms. The topological polar surface area (TPSA) is 83.6 Å². The Morgan fingerprint density at radius 3 is 2.53 bits per heavy atom. The van der Waals surface area contributed by atoms with Gasteiger partial charge >= 0.3 is 0 Å². The zero-order valence-corrected chi connectivity index (χ0v) is 21.1. The number of halogens is 1. The van der Waals surface area contributed by atoms with Crippen LogP contribution in [0.25, 0.3) is 0 Å². The maximum absolute atomic E-state index is 5.75. The smallest absolute Gasteiger partial charge is 0.191 e. The van der Waals surface area contributed by atoms with Crippen LogP contribution in [0.15, 0.2) is 29.4 Å². The van der Waals surface area contributed by atoms with E-state index in [1.165, 1.54) is 5.56 Å². The van der Waals surface area contributed by atoms with Crippen molar-refractivity contribution in [2.45, 2.75) is 53.5 Å². The van der Waals surface area contributed by atoms with Gasteiger partial charge in [0.1, 0.15) is 0 Å². The van der Waals surface area contributed by atoms with Crippen molar-refractivity contribution in [1.82, 2.24) is 20.8 Å². The van der Waals surface area contributed by atoms with Crippen molar-refractivity contribution in [1.29, 1.82) is 0 Å². The lowest BCUT2D eigenvalue weighted by atomic mass is 10.1. The number of benzene rings is 1. The lowest BCUT2D eigenvalue weighted by Gasteiger charge is -2.20. The maximum atomic E-state index is 5.75. The molecule has 1 aromatic heterocycles. The fraction of sp³-hybridized carbons (Fsp3) is 0.545. The first-order chi connectivity index (χ1) is 14.1. The van der Waals surface area contributed by atoms with Crippen LogP contribution in [-0.4, -0.2) is 42.5 Å². The average molecular weight is 529 g/mol. The van der Waals surface area contributed by atoms with Gasteiger partial charge in [0.05, 0.1) is 25.5 Å². The molecule has 1 unspecified atom stereocenters. The fourth-order valence-corrected chi connectivity index (χ4v) is 3.03. The van der Waals surface area contributed by atoms with Gasteiger partial charge in [0.15, 0.2) is 17.5 Å². The Morgan fingerprint density at radius 1 is 1.17 bits per heavy atom. The van der Waals surface area contributed by atoms with E-state index in [0.29, 0.717) is 13.2 Å². The number of rotatable bonds is 11. The van der Waals surface area contributed by atoms with Crippen molar-refractivity contribution in [3.63, 3.8) is 0 Å². The van der Waals surface area contributed by atoms with Gasteiger partial charge in [-0.15, -0.1) is 24.0 Å². The van der Waals surface area contributed by atoms with Crippen LogP contribution in [0.2, 0.25) is 0 Å². The number of guanidine groups is 1. The van der Waals surface area contributed by atoms with E-state index in [0.717, 1.165) is 54.6 Å². The number of nitrogens with zero attached hydrogens (tertiary/aromatic N) is 2. The van der Waals surface area contributed by atoms with E-state index < -0.39 is 0 Å². The highest BCUT2D eigenvalue weighted by Crippen LogP contribution is 2.30. The number of aliphatic imine (C=N–C) groups is 1. The molecule has 0 amide bonds. The van der Waals surface area contributed by atoms with Gasteiger partial charge in [-0.2, -0.15) is 5.10 Å². The van der Waals surface area contributed by atoms with Crippen LogP contribution in [0.4, 0.5) is 0 Å². The van der Waals surface area contributed by atoms with Crippen LogP contribution in [0.3, 0.4) is 0 Å². The molecule has 1 heterocycles. The molecule has 30 heavy (non-hydrogen) atoms. The second kappa shape index (κ2) is 14.1. The van der Waals surface area contributed by atoms with E-state index in [2.05, 4.69) is 40.7 Å². The molecular weight excluding hydrogens is 493 g/mol. The third-order valence-corrected chi connectivity index (χ3v) is 4.57. The molecule has 1 aromatic carbocycles. The van der Waals surface area contributed by atoms with Crippen molar-refractivity contribution in [2.75, 3.05) is 26.3 Å². The number of aromatic nitrogens is 2. The molecule has 0 aliphatic carbocycles. The molecule has 0 bridgehead atoms. The fourth-order valence-electron chi connectivity index (χ4n) is 3.03. The predicted octanol–water partition coefficient (Wildman–Crippen LogP) is 4.38. The summed E-state index contributed by atoms with van der Waals surface area (Å²) in [6.07, 6.45) is 3.84. The third-order valence-electron chi connectivity index (χ3n) is 4.57. The summed E-state index contributed by atoms with van der Waals surface area (Å²) < 4.78 is 11.4. The molecular formula is C22H36IN5O2. The molecule has 0 spiro atoms. The Kier molecular flexibility index (Phi) is 12.3. The highest BCUT2D eigenvalue weighted by molar-refractivity contribution is 14.0. The summed E-state index contributed by atoms with van der Waals surface area (Å²) >= 11 is 0. The van der Waals surface area contributed by atoms with Gasteiger partial charge in [-0.05, 0) is 70.7 Å². The van der Waals surface area contributed by atoms with E-state index in [9.17, 15) is 0 Å². The molecule has 0 fully saturated rings. The van der Waals surface area contributed by atoms with Gasteiger partial charge in [0.2, 0.25) is 0 Å². The summed E-state index contributed by atoms with van der Waals surface area (Å²) in [6.45, 7) is 13.0. The van der Waals surface area contributed by atoms with Gasteiger partial charge in [-0.3, -0.25) is 10.1 Å². The van der Waals surface area contributed by atoms with Crippen molar-refractivity contribution < 1.29 is 9.47 Å². The lowest BCUT2D eigenvalue weighted by Crippen LogP contribution is -2.38. The summed E-state index contributed by atoms with van der Waals surface area (Å²) in [6, 6.07) is 6.16. The number of aromatic amines is 1. The van der Waals surface area contributed by atoms with Gasteiger partial charge in [-0.25, -0.2) is 0 Å². The minimum absolute atomic E-state index is 0.